The molecule has 0 N–H and O–H groups in total. The highest BCUT2D eigenvalue weighted by Crippen LogP contribution is 2.39. The van der Waals surface area contributed by atoms with Crippen molar-refractivity contribution in [3.8, 4) is 0 Å². The maximum absolute atomic E-state index is 13.5. The summed E-state index contributed by atoms with van der Waals surface area (Å²) in [5.74, 6) is 0.140. The summed E-state index contributed by atoms with van der Waals surface area (Å²) in [7, 11) is 0. The Morgan fingerprint density at radius 2 is 1.73 bits per heavy atom. The number of amides is 1. The van der Waals surface area contributed by atoms with Crippen molar-refractivity contribution in [3.05, 3.63) is 109 Å². The molecule has 0 saturated carbocycles. The van der Waals surface area contributed by atoms with Gasteiger partial charge >= 0.3 is 0 Å². The van der Waals surface area contributed by atoms with E-state index in [0.717, 1.165) is 14.6 Å². The molecule has 6 nitrogen and oxygen atoms in total. The summed E-state index contributed by atoms with van der Waals surface area (Å²) in [6, 6.07) is 21.1. The second kappa shape index (κ2) is 8.55. The summed E-state index contributed by atoms with van der Waals surface area (Å²) in [6.07, 6.45) is 1.62. The van der Waals surface area contributed by atoms with Crippen LogP contribution >= 0.6 is 38.9 Å². The molecule has 0 radical (unpaired) electrons. The van der Waals surface area contributed by atoms with Crippen molar-refractivity contribution >= 4 is 78.1 Å². The fourth-order valence-electron chi connectivity index (χ4n) is 3.51. The average Bonchev–Trinajstić information content (AvgIpc) is 3.32. The lowest BCUT2D eigenvalue weighted by molar-refractivity contribution is -0.384. The van der Waals surface area contributed by atoms with Gasteiger partial charge in [0.05, 0.1) is 20.5 Å². The van der Waals surface area contributed by atoms with Gasteiger partial charge in [0.15, 0.2) is 5.84 Å². The summed E-state index contributed by atoms with van der Waals surface area (Å²) in [5, 5.41) is 12.4. The highest BCUT2D eigenvalue weighted by Gasteiger charge is 2.35. The van der Waals surface area contributed by atoms with Gasteiger partial charge in [-0.3, -0.25) is 19.8 Å². The second-order valence-corrected chi connectivity index (χ2v) is 9.52. The molecular formula is C24H13BrClN3O3S. The second-order valence-electron chi connectivity index (χ2n) is 7.17. The standard InChI is InChI=1S/C24H13BrClN3O3S/c25-15-7-11-16(12-8-15)28-23(22-21(26)18-3-1-2-4-20(18)33-22)27-19(24(28)30)13-14-5-9-17(10-6-14)29(31)32/h1-13H/b19-13+. The minimum atomic E-state index is -0.466. The van der Waals surface area contributed by atoms with Gasteiger partial charge in [0, 0.05) is 26.7 Å². The number of hydrogen-bond donors (Lipinski definition) is 0. The van der Waals surface area contributed by atoms with Crippen LogP contribution in [0.2, 0.25) is 5.02 Å². The number of carbonyl (C=O) groups excluding carboxylic acids is 1. The first kappa shape index (κ1) is 21.5. The topological polar surface area (TPSA) is 75.8 Å². The highest BCUT2D eigenvalue weighted by atomic mass is 79.9. The summed E-state index contributed by atoms with van der Waals surface area (Å²) in [4.78, 5) is 30.8. The lowest BCUT2D eigenvalue weighted by atomic mass is 10.1. The smallest absolute Gasteiger partial charge is 0.266 e. The molecule has 9 heteroatoms. The van der Waals surface area contributed by atoms with Gasteiger partial charge in [-0.05, 0) is 54.1 Å². The average molecular weight is 539 g/mol. The van der Waals surface area contributed by atoms with E-state index in [2.05, 4.69) is 20.9 Å². The van der Waals surface area contributed by atoms with E-state index in [4.69, 9.17) is 11.6 Å². The number of hydrogen-bond acceptors (Lipinski definition) is 5. The van der Waals surface area contributed by atoms with E-state index in [1.54, 1.807) is 23.1 Å². The number of anilines is 1. The normalized spacial score (nSPS) is 14.8. The van der Waals surface area contributed by atoms with Crippen LogP contribution in [0.4, 0.5) is 11.4 Å². The predicted molar refractivity (Wildman–Crippen MR) is 136 cm³/mol. The van der Waals surface area contributed by atoms with Gasteiger partial charge in [-0.15, -0.1) is 11.3 Å². The number of thiophene rings is 1. The van der Waals surface area contributed by atoms with Gasteiger partial charge in [-0.1, -0.05) is 45.7 Å². The number of amidine groups is 1. The third-order valence-electron chi connectivity index (χ3n) is 5.09. The van der Waals surface area contributed by atoms with Crippen molar-refractivity contribution in [1.82, 2.24) is 0 Å². The van der Waals surface area contributed by atoms with Crippen LogP contribution < -0.4 is 4.90 Å². The van der Waals surface area contributed by atoms with E-state index >= 15 is 0 Å². The molecule has 1 aliphatic heterocycles. The van der Waals surface area contributed by atoms with Crippen LogP contribution in [0, 0.1) is 10.1 Å². The molecule has 0 atom stereocenters. The Hall–Kier alpha value is -3.33. The molecule has 0 aliphatic carbocycles. The zero-order valence-corrected chi connectivity index (χ0v) is 19.9. The Bertz CT molecular complexity index is 1480. The molecule has 1 aliphatic rings. The molecule has 162 valence electrons. The summed E-state index contributed by atoms with van der Waals surface area (Å²) < 4.78 is 1.88. The molecule has 0 fully saturated rings. The Kier molecular flexibility index (Phi) is 5.57. The van der Waals surface area contributed by atoms with Crippen molar-refractivity contribution in [2.24, 2.45) is 4.99 Å². The van der Waals surface area contributed by atoms with Gasteiger partial charge in [0.1, 0.15) is 5.70 Å². The van der Waals surface area contributed by atoms with E-state index in [0.29, 0.717) is 27.0 Å². The lowest BCUT2D eigenvalue weighted by Gasteiger charge is -2.18. The van der Waals surface area contributed by atoms with Crippen LogP contribution in [0.25, 0.3) is 16.2 Å². The maximum Gasteiger partial charge on any atom is 0.282 e. The first-order chi connectivity index (χ1) is 15.9. The molecule has 5 rings (SSSR count). The number of nitro groups is 1. The number of nitrogens with zero attached hydrogens (tertiary/aromatic N) is 3. The van der Waals surface area contributed by atoms with Crippen molar-refractivity contribution in [2.75, 3.05) is 4.90 Å². The molecule has 33 heavy (non-hydrogen) atoms. The number of benzene rings is 3. The molecule has 3 aromatic carbocycles. The first-order valence-electron chi connectivity index (χ1n) is 9.74. The number of carbonyl (C=O) groups is 1. The molecule has 4 aromatic rings. The molecule has 2 heterocycles. The fourth-order valence-corrected chi connectivity index (χ4v) is 5.27. The van der Waals surface area contributed by atoms with Gasteiger partial charge in [-0.2, -0.15) is 0 Å². The van der Waals surface area contributed by atoms with E-state index in [1.807, 2.05) is 48.5 Å². The van der Waals surface area contributed by atoms with E-state index in [1.165, 1.54) is 23.5 Å². The SMILES string of the molecule is O=C1/C(=C\c2ccc([N+](=O)[O-])cc2)N=C(c2sc3ccccc3c2Cl)N1c1ccc(Br)cc1. The molecule has 0 spiro atoms. The van der Waals surface area contributed by atoms with Crippen LogP contribution in [0.5, 0.6) is 0 Å². The van der Waals surface area contributed by atoms with Crippen molar-refractivity contribution in [3.63, 3.8) is 0 Å². The number of nitro benzene ring substituents is 1. The molecular weight excluding hydrogens is 526 g/mol. The van der Waals surface area contributed by atoms with Gasteiger partial charge in [0.2, 0.25) is 0 Å². The lowest BCUT2D eigenvalue weighted by Crippen LogP contribution is -2.32. The molecule has 1 amide bonds. The van der Waals surface area contributed by atoms with Crippen LogP contribution in [0.3, 0.4) is 0 Å². The Labute approximate surface area is 205 Å². The monoisotopic (exact) mass is 537 g/mol. The minimum absolute atomic E-state index is 0.0207. The van der Waals surface area contributed by atoms with Gasteiger partial charge in [-0.25, -0.2) is 4.99 Å². The van der Waals surface area contributed by atoms with Crippen molar-refractivity contribution in [2.45, 2.75) is 0 Å². The third-order valence-corrected chi connectivity index (χ3v) is 7.29. The van der Waals surface area contributed by atoms with E-state index < -0.39 is 4.92 Å². The number of fused-ring (bicyclic) bond motifs is 1. The quantitative estimate of drug-likeness (QED) is 0.159. The van der Waals surface area contributed by atoms with Crippen LogP contribution in [-0.2, 0) is 4.79 Å². The van der Waals surface area contributed by atoms with Gasteiger partial charge in [0.25, 0.3) is 11.6 Å². The van der Waals surface area contributed by atoms with Crippen LogP contribution in [0.15, 0.2) is 88.0 Å². The maximum atomic E-state index is 13.5. The molecule has 1 aromatic heterocycles. The highest BCUT2D eigenvalue weighted by molar-refractivity contribution is 9.10. The van der Waals surface area contributed by atoms with Crippen molar-refractivity contribution < 1.29 is 9.72 Å². The predicted octanol–water partition coefficient (Wildman–Crippen LogP) is 7.06. The third kappa shape index (κ3) is 3.97. The zero-order valence-electron chi connectivity index (χ0n) is 16.7. The molecule has 0 bridgehead atoms. The number of non-ortho nitro benzene ring substituents is 1. The number of aliphatic imine (C=N–C) groups is 1. The number of halogens is 2. The van der Waals surface area contributed by atoms with Crippen molar-refractivity contribution in [1.29, 1.82) is 0 Å². The summed E-state index contributed by atoms with van der Waals surface area (Å²) >= 11 is 11.6. The van der Waals surface area contributed by atoms with Crippen LogP contribution in [0.1, 0.15) is 10.4 Å². The largest absolute Gasteiger partial charge is 0.282 e. The van der Waals surface area contributed by atoms with Gasteiger partial charge < -0.3 is 0 Å². The Morgan fingerprint density at radius 3 is 2.39 bits per heavy atom. The zero-order chi connectivity index (χ0) is 23.1. The summed E-state index contributed by atoms with van der Waals surface area (Å²) in [5.41, 5.74) is 1.48. The Balaban J connectivity index is 1.64. The first-order valence-corrected chi connectivity index (χ1v) is 11.7. The minimum Gasteiger partial charge on any atom is -0.266 e. The van der Waals surface area contributed by atoms with E-state index in [-0.39, 0.29) is 17.3 Å². The Morgan fingerprint density at radius 1 is 1.03 bits per heavy atom. The number of rotatable bonds is 4. The summed E-state index contributed by atoms with van der Waals surface area (Å²) in [6.45, 7) is 0. The fraction of sp³-hybridized carbons (Fsp3) is 0. The van der Waals surface area contributed by atoms with Crippen LogP contribution in [-0.4, -0.2) is 16.7 Å². The molecule has 0 unspecified atom stereocenters. The van der Waals surface area contributed by atoms with E-state index in [9.17, 15) is 14.9 Å². The molecule has 0 saturated heterocycles.